The predicted molar refractivity (Wildman–Crippen MR) is 126 cm³/mol. The van der Waals surface area contributed by atoms with Crippen LogP contribution < -0.4 is 16.2 Å². The van der Waals surface area contributed by atoms with Crippen molar-refractivity contribution in [2.75, 3.05) is 13.6 Å². The first-order valence-electron chi connectivity index (χ1n) is 10.9. The molecule has 0 atom stereocenters. The van der Waals surface area contributed by atoms with E-state index in [2.05, 4.69) is 25.7 Å². The first-order valence-corrected chi connectivity index (χ1v) is 10.9. The Labute approximate surface area is 203 Å². The lowest BCUT2D eigenvalue weighted by Gasteiger charge is -2.10. The van der Waals surface area contributed by atoms with Gasteiger partial charge in [0, 0.05) is 41.7 Å². The van der Waals surface area contributed by atoms with Crippen LogP contribution in [0.4, 0.5) is 13.2 Å². The second-order valence-corrected chi connectivity index (χ2v) is 7.86. The number of rotatable bonds is 8. The molecule has 2 aromatic carbocycles. The van der Waals surface area contributed by atoms with Gasteiger partial charge in [0.2, 0.25) is 5.91 Å². The van der Waals surface area contributed by atoms with Crippen LogP contribution in [-0.4, -0.2) is 39.2 Å². The van der Waals surface area contributed by atoms with Crippen LogP contribution in [-0.2, 0) is 17.9 Å². The van der Waals surface area contributed by atoms with Gasteiger partial charge in [-0.2, -0.15) is 5.10 Å². The second kappa shape index (κ2) is 10.9. The number of amides is 1. The van der Waals surface area contributed by atoms with Crippen LogP contribution in [0.3, 0.4) is 0 Å². The maximum Gasteiger partial charge on any atom is 0.267 e. The van der Waals surface area contributed by atoms with Crippen LogP contribution in [0, 0.1) is 17.5 Å². The number of likely N-dealkylation sites (N-methyl/N-ethyl adjacent to an activating group) is 1. The molecule has 11 heteroatoms. The van der Waals surface area contributed by atoms with Crippen molar-refractivity contribution in [2.45, 2.75) is 13.1 Å². The first kappa shape index (κ1) is 24.7. The van der Waals surface area contributed by atoms with Crippen molar-refractivity contribution in [1.29, 1.82) is 0 Å². The standard InChI is InChI=1S/C25H21F3N6O2/c1-29-13-21(35)30-10-16-11-31-25(32-12-16)17-4-2-3-15(9-17)14-34-22(36)8-7-20(33-34)18-5-6-19(26)24(28)23(18)27/h2-9,11-12,29H,10,13-14H2,1H3,(H,30,35). The molecule has 0 saturated heterocycles. The average molecular weight is 494 g/mol. The molecule has 184 valence electrons. The minimum absolute atomic E-state index is 0.0112. The Hall–Kier alpha value is -4.38. The summed E-state index contributed by atoms with van der Waals surface area (Å²) in [5, 5.41) is 9.64. The summed E-state index contributed by atoms with van der Waals surface area (Å²) in [5.74, 6) is -3.99. The highest BCUT2D eigenvalue weighted by Crippen LogP contribution is 2.24. The summed E-state index contributed by atoms with van der Waals surface area (Å²) in [5.41, 5.74) is 1.39. The molecule has 0 unspecified atom stereocenters. The zero-order valence-corrected chi connectivity index (χ0v) is 19.1. The van der Waals surface area contributed by atoms with E-state index in [-0.39, 0.29) is 30.3 Å². The number of benzene rings is 2. The molecule has 4 rings (SSSR count). The van der Waals surface area contributed by atoms with Crippen LogP contribution >= 0.6 is 0 Å². The highest BCUT2D eigenvalue weighted by Gasteiger charge is 2.16. The minimum atomic E-state index is -1.61. The SMILES string of the molecule is CNCC(=O)NCc1cnc(-c2cccc(Cn3nc(-c4ccc(F)c(F)c4F)ccc3=O)c2)nc1. The summed E-state index contributed by atoms with van der Waals surface area (Å²) in [4.78, 5) is 32.6. The van der Waals surface area contributed by atoms with Gasteiger partial charge in [-0.25, -0.2) is 27.8 Å². The number of hydrogen-bond acceptors (Lipinski definition) is 6. The third kappa shape index (κ3) is 5.63. The van der Waals surface area contributed by atoms with E-state index in [1.165, 1.54) is 12.1 Å². The molecule has 2 N–H and O–H groups in total. The third-order valence-electron chi connectivity index (χ3n) is 5.23. The van der Waals surface area contributed by atoms with Gasteiger partial charge in [-0.15, -0.1) is 0 Å². The van der Waals surface area contributed by atoms with E-state index >= 15 is 0 Å². The van der Waals surface area contributed by atoms with Crippen molar-refractivity contribution < 1.29 is 18.0 Å². The molecular weight excluding hydrogens is 473 g/mol. The fraction of sp³-hybridized carbons (Fsp3) is 0.160. The van der Waals surface area contributed by atoms with Crippen molar-refractivity contribution in [3.63, 3.8) is 0 Å². The minimum Gasteiger partial charge on any atom is -0.351 e. The monoisotopic (exact) mass is 494 g/mol. The van der Waals surface area contributed by atoms with Crippen molar-refractivity contribution in [2.24, 2.45) is 0 Å². The molecule has 0 aliphatic carbocycles. The molecule has 0 aliphatic rings. The number of hydrogen-bond donors (Lipinski definition) is 2. The molecule has 4 aromatic rings. The molecule has 0 aliphatic heterocycles. The summed E-state index contributed by atoms with van der Waals surface area (Å²) in [6.07, 6.45) is 3.22. The van der Waals surface area contributed by atoms with Crippen LogP contribution in [0.15, 0.2) is 65.7 Å². The van der Waals surface area contributed by atoms with Gasteiger partial charge < -0.3 is 10.6 Å². The lowest BCUT2D eigenvalue weighted by atomic mass is 10.1. The largest absolute Gasteiger partial charge is 0.351 e. The molecule has 36 heavy (non-hydrogen) atoms. The van der Waals surface area contributed by atoms with E-state index in [9.17, 15) is 22.8 Å². The molecule has 0 radical (unpaired) electrons. The van der Waals surface area contributed by atoms with E-state index in [1.54, 1.807) is 43.7 Å². The number of carbonyl (C=O) groups is 1. The second-order valence-electron chi connectivity index (χ2n) is 7.86. The quantitative estimate of drug-likeness (QED) is 0.365. The van der Waals surface area contributed by atoms with Gasteiger partial charge in [0.1, 0.15) is 0 Å². The maximum absolute atomic E-state index is 14.2. The van der Waals surface area contributed by atoms with E-state index in [4.69, 9.17) is 0 Å². The van der Waals surface area contributed by atoms with Crippen LogP contribution in [0.1, 0.15) is 11.1 Å². The van der Waals surface area contributed by atoms with Gasteiger partial charge in [-0.3, -0.25) is 9.59 Å². The van der Waals surface area contributed by atoms with Gasteiger partial charge in [-0.05, 0) is 36.9 Å². The van der Waals surface area contributed by atoms with E-state index in [0.717, 1.165) is 22.4 Å². The van der Waals surface area contributed by atoms with Crippen molar-refractivity contribution in [3.05, 3.63) is 99.9 Å². The van der Waals surface area contributed by atoms with Gasteiger partial charge in [-0.1, -0.05) is 18.2 Å². The van der Waals surface area contributed by atoms with Crippen molar-refractivity contribution in [1.82, 2.24) is 30.4 Å². The number of carbonyl (C=O) groups excluding carboxylic acids is 1. The Morgan fingerprint density at radius 3 is 2.50 bits per heavy atom. The molecule has 2 aromatic heterocycles. The fourth-order valence-electron chi connectivity index (χ4n) is 3.43. The molecular formula is C25H21F3N6O2. The lowest BCUT2D eigenvalue weighted by molar-refractivity contribution is -0.120. The Balaban J connectivity index is 1.53. The highest BCUT2D eigenvalue weighted by molar-refractivity contribution is 5.77. The van der Waals surface area contributed by atoms with Crippen molar-refractivity contribution in [3.8, 4) is 22.6 Å². The molecule has 0 spiro atoms. The zero-order chi connectivity index (χ0) is 25.7. The molecule has 2 heterocycles. The van der Waals surface area contributed by atoms with E-state index < -0.39 is 23.0 Å². The topological polar surface area (TPSA) is 102 Å². The number of nitrogens with zero attached hydrogens (tertiary/aromatic N) is 4. The van der Waals surface area contributed by atoms with Gasteiger partial charge in [0.25, 0.3) is 5.56 Å². The zero-order valence-electron chi connectivity index (χ0n) is 19.1. The summed E-state index contributed by atoms with van der Waals surface area (Å²) < 4.78 is 42.3. The van der Waals surface area contributed by atoms with Gasteiger partial charge in [0.15, 0.2) is 23.3 Å². The van der Waals surface area contributed by atoms with E-state index in [0.29, 0.717) is 23.5 Å². The molecule has 0 saturated carbocycles. The summed E-state index contributed by atoms with van der Waals surface area (Å²) >= 11 is 0. The van der Waals surface area contributed by atoms with Crippen LogP contribution in [0.25, 0.3) is 22.6 Å². The lowest BCUT2D eigenvalue weighted by Crippen LogP contribution is -2.31. The molecule has 1 amide bonds. The van der Waals surface area contributed by atoms with Gasteiger partial charge >= 0.3 is 0 Å². The average Bonchev–Trinajstić information content (AvgIpc) is 2.88. The molecule has 0 bridgehead atoms. The van der Waals surface area contributed by atoms with Crippen LogP contribution in [0.5, 0.6) is 0 Å². The summed E-state index contributed by atoms with van der Waals surface area (Å²) in [6, 6.07) is 11.4. The highest BCUT2D eigenvalue weighted by atomic mass is 19.2. The van der Waals surface area contributed by atoms with E-state index in [1.807, 2.05) is 0 Å². The van der Waals surface area contributed by atoms with Crippen molar-refractivity contribution >= 4 is 5.91 Å². The Bertz CT molecular complexity index is 1460. The smallest absolute Gasteiger partial charge is 0.267 e. The number of aromatic nitrogens is 4. The van der Waals surface area contributed by atoms with Gasteiger partial charge in [0.05, 0.1) is 18.8 Å². The maximum atomic E-state index is 14.2. The number of nitrogens with one attached hydrogen (secondary N) is 2. The Kier molecular flexibility index (Phi) is 7.50. The predicted octanol–water partition coefficient (Wildman–Crippen LogP) is 2.67. The normalized spacial score (nSPS) is 10.9. The Morgan fingerprint density at radius 2 is 1.75 bits per heavy atom. The van der Waals surface area contributed by atoms with Crippen LogP contribution in [0.2, 0.25) is 0 Å². The number of halogens is 3. The fourth-order valence-corrected chi connectivity index (χ4v) is 3.43. The molecule has 0 fully saturated rings. The first-order chi connectivity index (χ1) is 17.4. The third-order valence-corrected chi connectivity index (χ3v) is 5.23. The summed E-state index contributed by atoms with van der Waals surface area (Å²) in [6.45, 7) is 0.550. The summed E-state index contributed by atoms with van der Waals surface area (Å²) in [7, 11) is 1.68. The molecule has 8 nitrogen and oxygen atoms in total. The Morgan fingerprint density at radius 1 is 0.972 bits per heavy atom.